The molecule has 0 aromatic heterocycles. The smallest absolute Gasteiger partial charge is 0.150 e. The van der Waals surface area contributed by atoms with E-state index in [2.05, 4.69) is 175 Å². The Morgan fingerprint density at radius 3 is 1.13 bits per heavy atom. The van der Waals surface area contributed by atoms with Gasteiger partial charge in [-0.05, 0) is 108 Å². The van der Waals surface area contributed by atoms with Gasteiger partial charge in [0.05, 0.1) is 22.7 Å². The predicted molar refractivity (Wildman–Crippen MR) is 220 cm³/mol. The summed E-state index contributed by atoms with van der Waals surface area (Å²) in [6.45, 7) is 11.2. The van der Waals surface area contributed by atoms with E-state index in [0.29, 0.717) is 5.56 Å². The van der Waals surface area contributed by atoms with Gasteiger partial charge in [0.25, 0.3) is 0 Å². The summed E-state index contributed by atoms with van der Waals surface area (Å²) in [5.74, 6) is 0. The lowest BCUT2D eigenvalue weighted by Crippen LogP contribution is -2.30. The van der Waals surface area contributed by atoms with Crippen molar-refractivity contribution in [1.82, 2.24) is 0 Å². The van der Waals surface area contributed by atoms with Crippen LogP contribution in [-0.2, 0) is 15.6 Å². The van der Waals surface area contributed by atoms with Crippen molar-refractivity contribution >= 4 is 56.3 Å². The number of hydrogen-bond acceptors (Lipinski definition) is 4. The molecule has 0 atom stereocenters. The standard InChI is InChI=1S/C22H19NO.C21H18BrN.C4H8O/c1-22(2)18-7-3-5-9-20(18)23(21-10-6-4-8-19(21)22)17-13-11-16(15-24)12-14-17;1-21(2)17-7-3-5-9-19(17)23(16-13-11-15(22)12-14-16)20-10-6-4-8-18(20)21;1-2-4-5-3-1/h3-15H,1-2H3;3-14H,1-2H3;1-4H2. The van der Waals surface area contributed by atoms with Gasteiger partial charge in [0.1, 0.15) is 6.29 Å². The summed E-state index contributed by atoms with van der Waals surface area (Å²) < 4.78 is 6.04. The van der Waals surface area contributed by atoms with Gasteiger partial charge in [-0.3, -0.25) is 4.79 Å². The number of anilines is 6. The number of nitrogens with zero attached hydrogens (tertiary/aromatic N) is 2. The van der Waals surface area contributed by atoms with Crippen molar-refractivity contribution in [3.63, 3.8) is 0 Å². The molecule has 3 aliphatic heterocycles. The molecule has 9 rings (SSSR count). The lowest BCUT2D eigenvalue weighted by atomic mass is 9.73. The molecule has 0 N–H and O–H groups in total. The van der Waals surface area contributed by atoms with Gasteiger partial charge in [0.15, 0.2) is 0 Å². The lowest BCUT2D eigenvalue weighted by Gasteiger charge is -2.42. The Bertz CT molecular complexity index is 2060. The van der Waals surface area contributed by atoms with Gasteiger partial charge in [-0.15, -0.1) is 0 Å². The maximum Gasteiger partial charge on any atom is 0.150 e. The summed E-state index contributed by atoms with van der Waals surface area (Å²) in [5.41, 5.74) is 13.1. The highest BCUT2D eigenvalue weighted by Gasteiger charge is 2.37. The number of fused-ring (bicyclic) bond motifs is 4. The van der Waals surface area contributed by atoms with E-state index in [1.807, 2.05) is 24.3 Å². The van der Waals surface area contributed by atoms with Crippen LogP contribution in [0.4, 0.5) is 34.1 Å². The number of carbonyl (C=O) groups excluding carboxylic acids is 1. The normalized spacial score (nSPS) is 15.7. The molecule has 1 saturated heterocycles. The van der Waals surface area contributed by atoms with E-state index in [1.54, 1.807) is 0 Å². The molecule has 262 valence electrons. The lowest BCUT2D eigenvalue weighted by molar-refractivity contribution is 0.112. The van der Waals surface area contributed by atoms with Crippen molar-refractivity contribution in [2.45, 2.75) is 51.4 Å². The Kier molecular flexibility index (Phi) is 10.2. The summed E-state index contributed by atoms with van der Waals surface area (Å²) in [5, 5.41) is 0. The average Bonchev–Trinajstić information content (AvgIpc) is 3.78. The topological polar surface area (TPSA) is 32.8 Å². The highest BCUT2D eigenvalue weighted by molar-refractivity contribution is 9.10. The van der Waals surface area contributed by atoms with Crippen molar-refractivity contribution in [3.05, 3.63) is 178 Å². The molecular weight excluding hydrogens is 704 g/mol. The third kappa shape index (κ3) is 6.71. The second-order valence-corrected chi connectivity index (χ2v) is 15.4. The summed E-state index contributed by atoms with van der Waals surface area (Å²) in [7, 11) is 0. The molecule has 0 spiro atoms. The second-order valence-electron chi connectivity index (χ2n) is 14.5. The minimum Gasteiger partial charge on any atom is -0.381 e. The van der Waals surface area contributed by atoms with Gasteiger partial charge < -0.3 is 14.5 Å². The van der Waals surface area contributed by atoms with E-state index in [4.69, 9.17) is 4.74 Å². The molecule has 0 amide bonds. The first-order valence-corrected chi connectivity index (χ1v) is 18.9. The molecule has 1 fully saturated rings. The molecule has 6 aromatic rings. The summed E-state index contributed by atoms with van der Waals surface area (Å²) in [4.78, 5) is 15.6. The second kappa shape index (κ2) is 14.9. The van der Waals surface area contributed by atoms with E-state index in [0.717, 1.165) is 29.7 Å². The quantitative estimate of drug-likeness (QED) is 0.169. The Hall–Kier alpha value is -4.97. The molecule has 5 heteroatoms. The van der Waals surface area contributed by atoms with E-state index >= 15 is 0 Å². The number of ether oxygens (including phenoxy) is 1. The fraction of sp³-hybridized carbons (Fsp3) is 0.213. The van der Waals surface area contributed by atoms with Crippen LogP contribution in [0.2, 0.25) is 0 Å². The summed E-state index contributed by atoms with van der Waals surface area (Å²) in [6, 6.07) is 50.8. The molecule has 0 bridgehead atoms. The fourth-order valence-electron chi connectivity index (χ4n) is 7.70. The summed E-state index contributed by atoms with van der Waals surface area (Å²) in [6.07, 6.45) is 3.44. The number of carbonyl (C=O) groups is 1. The monoisotopic (exact) mass is 748 g/mol. The first kappa shape index (κ1) is 35.4. The number of aldehydes is 1. The first-order valence-electron chi connectivity index (χ1n) is 18.1. The minimum absolute atomic E-state index is 0.000942. The van der Waals surface area contributed by atoms with Crippen LogP contribution in [0.3, 0.4) is 0 Å². The number of rotatable bonds is 3. The first-order chi connectivity index (χ1) is 25.2. The van der Waals surface area contributed by atoms with Crippen LogP contribution >= 0.6 is 15.9 Å². The maximum atomic E-state index is 11.0. The van der Waals surface area contributed by atoms with Crippen LogP contribution in [0.25, 0.3) is 0 Å². The van der Waals surface area contributed by atoms with Gasteiger partial charge in [0, 0.05) is 45.5 Å². The van der Waals surface area contributed by atoms with E-state index in [9.17, 15) is 4.79 Å². The third-order valence-electron chi connectivity index (χ3n) is 10.5. The molecule has 0 aliphatic carbocycles. The number of para-hydroxylation sites is 4. The number of hydrogen-bond donors (Lipinski definition) is 0. The van der Waals surface area contributed by atoms with Crippen molar-refractivity contribution < 1.29 is 9.53 Å². The zero-order valence-electron chi connectivity index (χ0n) is 30.4. The molecule has 4 nitrogen and oxygen atoms in total. The molecule has 3 heterocycles. The fourth-order valence-corrected chi connectivity index (χ4v) is 7.96. The Balaban J connectivity index is 0.000000143. The van der Waals surface area contributed by atoms with Crippen LogP contribution in [0.15, 0.2) is 150 Å². The third-order valence-corrected chi connectivity index (χ3v) is 11.0. The zero-order chi connectivity index (χ0) is 36.3. The molecule has 3 aliphatic rings. The Morgan fingerprint density at radius 2 is 0.827 bits per heavy atom. The molecule has 0 saturated carbocycles. The van der Waals surface area contributed by atoms with Crippen LogP contribution in [0, 0.1) is 0 Å². The van der Waals surface area contributed by atoms with Gasteiger partial charge in [-0.25, -0.2) is 0 Å². The van der Waals surface area contributed by atoms with Crippen LogP contribution < -0.4 is 9.80 Å². The summed E-state index contributed by atoms with van der Waals surface area (Å²) >= 11 is 3.53. The maximum absolute atomic E-state index is 11.0. The van der Waals surface area contributed by atoms with Crippen LogP contribution in [0.5, 0.6) is 0 Å². The van der Waals surface area contributed by atoms with Gasteiger partial charge in [-0.1, -0.05) is 116 Å². The highest BCUT2D eigenvalue weighted by atomic mass is 79.9. The van der Waals surface area contributed by atoms with E-state index in [-0.39, 0.29) is 10.8 Å². The molecule has 6 aromatic carbocycles. The number of halogens is 1. The van der Waals surface area contributed by atoms with Gasteiger partial charge in [-0.2, -0.15) is 0 Å². The molecule has 0 radical (unpaired) electrons. The van der Waals surface area contributed by atoms with Crippen molar-refractivity contribution in [3.8, 4) is 0 Å². The van der Waals surface area contributed by atoms with Crippen molar-refractivity contribution in [2.75, 3.05) is 23.0 Å². The van der Waals surface area contributed by atoms with Gasteiger partial charge in [0.2, 0.25) is 0 Å². The molecule has 52 heavy (non-hydrogen) atoms. The number of benzene rings is 6. The Morgan fingerprint density at radius 1 is 0.500 bits per heavy atom. The van der Waals surface area contributed by atoms with Crippen molar-refractivity contribution in [2.24, 2.45) is 0 Å². The van der Waals surface area contributed by atoms with E-state index < -0.39 is 0 Å². The SMILES string of the molecule is C1CCOC1.CC1(C)c2ccccc2N(c2ccc(Br)cc2)c2ccccc21.CC1(C)c2ccccc2N(c2ccc(C=O)cc2)c2ccccc21. The predicted octanol–water partition coefficient (Wildman–Crippen LogP) is 13.0. The molecular formula is C47H45BrN2O2. The van der Waals surface area contributed by atoms with Crippen LogP contribution in [-0.4, -0.2) is 19.5 Å². The Labute approximate surface area is 316 Å². The average molecular weight is 750 g/mol. The highest BCUT2D eigenvalue weighted by Crippen LogP contribution is 2.53. The molecule has 0 unspecified atom stereocenters. The minimum atomic E-state index is -0.0492. The van der Waals surface area contributed by atoms with Gasteiger partial charge >= 0.3 is 0 Å². The zero-order valence-corrected chi connectivity index (χ0v) is 31.9. The van der Waals surface area contributed by atoms with Crippen molar-refractivity contribution in [1.29, 1.82) is 0 Å². The largest absolute Gasteiger partial charge is 0.381 e. The van der Waals surface area contributed by atoms with Crippen LogP contribution in [0.1, 0.15) is 73.1 Å². The van der Waals surface area contributed by atoms with E-state index in [1.165, 1.54) is 63.5 Å².